The molecule has 0 saturated carbocycles. The molecule has 0 aromatic carbocycles. The summed E-state index contributed by atoms with van der Waals surface area (Å²) in [5, 5.41) is 0. The zero-order valence-electron chi connectivity index (χ0n) is 13.9. The van der Waals surface area contributed by atoms with Crippen LogP contribution in [0.25, 0.3) is 11.2 Å². The van der Waals surface area contributed by atoms with Crippen LogP contribution in [0, 0.1) is 0 Å². The van der Waals surface area contributed by atoms with Gasteiger partial charge in [-0.1, -0.05) is 19.3 Å². The van der Waals surface area contributed by atoms with Crippen molar-refractivity contribution in [3.8, 4) is 0 Å². The molecule has 5 N–H and O–H groups in total. The maximum Gasteiger partial charge on any atom is 0.393 e. The maximum absolute atomic E-state index is 11.7. The number of nitrogens with zero attached hydrogens (tertiary/aromatic N) is 3. The van der Waals surface area contributed by atoms with Gasteiger partial charge in [-0.25, -0.2) is 4.98 Å². The summed E-state index contributed by atoms with van der Waals surface area (Å²) in [4.78, 5) is 50.7. The minimum atomic E-state index is -4.42. The Bertz CT molecular complexity index is 874. The number of rotatable bonds is 10. The number of fused-ring (bicyclic) bond motifs is 1. The molecule has 1 unspecified atom stereocenters. The number of hydrogen-bond donors (Lipinski definition) is 4. The van der Waals surface area contributed by atoms with Gasteiger partial charge in [-0.05, 0) is 12.8 Å². The summed E-state index contributed by atoms with van der Waals surface area (Å²) in [6, 6.07) is 0. The van der Waals surface area contributed by atoms with Crippen molar-refractivity contribution in [1.82, 2.24) is 19.5 Å². The van der Waals surface area contributed by atoms with Gasteiger partial charge in [0.15, 0.2) is 11.2 Å². The van der Waals surface area contributed by atoms with Gasteiger partial charge < -0.3 is 25.0 Å². The summed E-state index contributed by atoms with van der Waals surface area (Å²) in [6.45, 7) is 0.843. The van der Waals surface area contributed by atoms with Gasteiger partial charge in [-0.2, -0.15) is 9.51 Å². The fourth-order valence-corrected chi connectivity index (χ4v) is 3.92. The number of nitrogens with two attached hydrogens (primary N) is 1. The maximum atomic E-state index is 11.7. The normalized spacial score (nSPS) is 12.8. The smallest absolute Gasteiger partial charge is 0.393 e. The van der Waals surface area contributed by atoms with E-state index in [4.69, 9.17) is 20.0 Å². The molecule has 0 bridgehead atoms. The molecule has 2 heterocycles. The van der Waals surface area contributed by atoms with Gasteiger partial charge in [0, 0.05) is 6.54 Å². The highest BCUT2D eigenvalue weighted by Gasteiger charge is 2.15. The monoisotopic (exact) mass is 405 g/mol. The van der Waals surface area contributed by atoms with E-state index >= 15 is 0 Å². The standard InChI is InChI=1S/C13H21N5O6P2/c14-13-16-11-10(12(19)17-13)15-8-18(11)6-4-2-1-3-5-7-24-25(20)9-26(21,22)23/h8-9H,1-7H2,(H2,21,22,23)(H3,14,16,17,19). The molecule has 2 aromatic rings. The van der Waals surface area contributed by atoms with Crippen molar-refractivity contribution in [2.24, 2.45) is 0 Å². The largest absolute Gasteiger partial charge is 0.603 e. The second-order valence-corrected chi connectivity index (χ2v) is 8.58. The van der Waals surface area contributed by atoms with Crippen molar-refractivity contribution in [3.05, 3.63) is 16.7 Å². The Morgan fingerprint density at radius 3 is 2.77 bits per heavy atom. The van der Waals surface area contributed by atoms with Gasteiger partial charge in [-0.3, -0.25) is 14.3 Å². The molecule has 0 saturated heterocycles. The number of unbranched alkanes of at least 4 members (excludes halogenated alkanes) is 4. The van der Waals surface area contributed by atoms with Crippen LogP contribution in [0.4, 0.5) is 5.95 Å². The molecular weight excluding hydrogens is 384 g/mol. The van der Waals surface area contributed by atoms with Gasteiger partial charge in [0.25, 0.3) is 5.56 Å². The second kappa shape index (κ2) is 9.36. The fourth-order valence-electron chi connectivity index (χ4n) is 2.36. The molecule has 0 spiro atoms. The molecule has 13 heteroatoms. The Labute approximate surface area is 150 Å². The van der Waals surface area contributed by atoms with E-state index in [0.717, 1.165) is 25.7 Å². The molecule has 2 rings (SSSR count). The molecule has 0 radical (unpaired) electrons. The molecule has 2 aromatic heterocycles. The predicted molar refractivity (Wildman–Crippen MR) is 96.6 cm³/mol. The van der Waals surface area contributed by atoms with E-state index in [0.29, 0.717) is 24.2 Å². The summed E-state index contributed by atoms with van der Waals surface area (Å²) in [5.74, 6) is 0.0542. The first-order valence-corrected chi connectivity index (χ1v) is 10.9. The Balaban J connectivity index is 1.65. The van der Waals surface area contributed by atoms with Crippen molar-refractivity contribution in [2.75, 3.05) is 12.3 Å². The molecule has 144 valence electrons. The predicted octanol–water partition coefficient (Wildman–Crippen LogP) is 0.278. The molecule has 0 fully saturated rings. The molecule has 0 amide bonds. The molecule has 26 heavy (non-hydrogen) atoms. The number of nitrogens with one attached hydrogen (secondary N) is 1. The van der Waals surface area contributed by atoms with Crippen molar-refractivity contribution in [3.63, 3.8) is 0 Å². The van der Waals surface area contributed by atoms with Crippen LogP contribution in [0.1, 0.15) is 32.1 Å². The first-order chi connectivity index (χ1) is 12.3. The zero-order chi connectivity index (χ0) is 19.2. The summed E-state index contributed by atoms with van der Waals surface area (Å²) < 4.78 is 17.2. The van der Waals surface area contributed by atoms with Crippen LogP contribution in [0.2, 0.25) is 0 Å². The highest BCUT2D eigenvalue weighted by Crippen LogP contribution is 2.35. The van der Waals surface area contributed by atoms with Crippen molar-refractivity contribution >= 4 is 38.2 Å². The van der Waals surface area contributed by atoms with E-state index < -0.39 is 15.6 Å². The number of anilines is 1. The highest BCUT2D eigenvalue weighted by molar-refractivity contribution is 7.79. The Kier molecular flexibility index (Phi) is 7.45. The topological polar surface area (TPSA) is 179 Å². The average Bonchev–Trinajstić information content (AvgIpc) is 2.91. The van der Waals surface area contributed by atoms with Crippen LogP contribution < -0.4 is 16.2 Å². The van der Waals surface area contributed by atoms with Gasteiger partial charge in [0.05, 0.1) is 12.9 Å². The number of imidazole rings is 1. The Hall–Kier alpha value is -1.61. The van der Waals surface area contributed by atoms with E-state index in [1.807, 2.05) is 0 Å². The fraction of sp³-hybridized carbons (Fsp3) is 0.538. The number of nitrogen functional groups attached to an aromatic ring is 1. The van der Waals surface area contributed by atoms with E-state index in [1.54, 1.807) is 10.9 Å². The summed E-state index contributed by atoms with van der Waals surface area (Å²) >= 11 is 0. The average molecular weight is 405 g/mol. The lowest BCUT2D eigenvalue weighted by Gasteiger charge is -2.04. The number of aromatic amines is 1. The highest BCUT2D eigenvalue weighted by atomic mass is 31.2. The molecule has 0 aliphatic carbocycles. The van der Waals surface area contributed by atoms with E-state index in [1.165, 1.54) is 0 Å². The van der Waals surface area contributed by atoms with Crippen LogP contribution in [0.5, 0.6) is 0 Å². The van der Waals surface area contributed by atoms with Crippen molar-refractivity contribution < 1.29 is 23.8 Å². The molecule has 1 atom stereocenters. The van der Waals surface area contributed by atoms with E-state index in [-0.39, 0.29) is 23.6 Å². The van der Waals surface area contributed by atoms with Gasteiger partial charge >= 0.3 is 7.60 Å². The van der Waals surface area contributed by atoms with Gasteiger partial charge in [0.1, 0.15) is 0 Å². The Morgan fingerprint density at radius 1 is 1.35 bits per heavy atom. The van der Waals surface area contributed by atoms with Crippen molar-refractivity contribution in [2.45, 2.75) is 38.6 Å². The Morgan fingerprint density at radius 2 is 2.04 bits per heavy atom. The quantitative estimate of drug-likeness (QED) is 0.319. The third kappa shape index (κ3) is 6.60. The van der Waals surface area contributed by atoms with Crippen LogP contribution in [-0.2, 0) is 15.6 Å². The number of aromatic nitrogens is 4. The van der Waals surface area contributed by atoms with Crippen LogP contribution in [-0.4, -0.2) is 41.5 Å². The zero-order valence-corrected chi connectivity index (χ0v) is 15.7. The molecule has 11 nitrogen and oxygen atoms in total. The second-order valence-electron chi connectivity index (χ2n) is 5.65. The van der Waals surface area contributed by atoms with Gasteiger partial charge in [-0.15, -0.1) is 0 Å². The van der Waals surface area contributed by atoms with Gasteiger partial charge in [0.2, 0.25) is 19.5 Å². The van der Waals surface area contributed by atoms with E-state index in [2.05, 4.69) is 15.0 Å². The molecule has 0 aliphatic rings. The lowest BCUT2D eigenvalue weighted by atomic mass is 10.1. The SMILES string of the molecule is Nc1nc2c(ncn2CCCCCCCO/[P+]([O-])=C/P(=O)(O)O)c(=O)[nH]1. The van der Waals surface area contributed by atoms with Crippen LogP contribution in [0.3, 0.4) is 0 Å². The van der Waals surface area contributed by atoms with Crippen LogP contribution >= 0.6 is 15.6 Å². The van der Waals surface area contributed by atoms with Crippen molar-refractivity contribution in [1.29, 1.82) is 0 Å². The summed E-state index contributed by atoms with van der Waals surface area (Å²) in [7, 11) is -6.85. The minimum Gasteiger partial charge on any atom is -0.603 e. The molecule has 0 aliphatic heterocycles. The molecular formula is C13H21N5O6P2. The van der Waals surface area contributed by atoms with E-state index in [9.17, 15) is 14.3 Å². The minimum absolute atomic E-state index is 0.0542. The summed E-state index contributed by atoms with van der Waals surface area (Å²) in [5.41, 5.74) is 6.33. The first kappa shape index (κ1) is 20.7. The lowest BCUT2D eigenvalue weighted by molar-refractivity contribution is -0.172. The first-order valence-electron chi connectivity index (χ1n) is 7.97. The summed E-state index contributed by atoms with van der Waals surface area (Å²) in [6.07, 6.45) is 5.77. The third-order valence-electron chi connectivity index (χ3n) is 3.50. The number of H-pyrrole nitrogens is 1. The number of hydrogen-bond acceptors (Lipinski definition) is 7. The number of aryl methyl sites for hydroxylation is 1. The third-order valence-corrected chi connectivity index (χ3v) is 5.89. The van der Waals surface area contributed by atoms with Crippen LogP contribution in [0.15, 0.2) is 11.1 Å². The lowest BCUT2D eigenvalue weighted by Crippen LogP contribution is -2.12.